The zero-order valence-electron chi connectivity index (χ0n) is 14.0. The van der Waals surface area contributed by atoms with E-state index in [1.165, 1.54) is 5.57 Å². The van der Waals surface area contributed by atoms with Crippen LogP contribution < -0.4 is 0 Å². The van der Waals surface area contributed by atoms with Gasteiger partial charge < -0.3 is 0 Å². The molecular formula is C17H31O4P. The summed E-state index contributed by atoms with van der Waals surface area (Å²) in [4.78, 5) is 19.4. The van der Waals surface area contributed by atoms with E-state index in [2.05, 4.69) is 19.9 Å². The summed E-state index contributed by atoms with van der Waals surface area (Å²) in [5, 5.41) is 0. The zero-order chi connectivity index (χ0) is 16.7. The molecule has 4 nitrogen and oxygen atoms in total. The van der Waals surface area contributed by atoms with Gasteiger partial charge in [-0.3, -0.25) is 0 Å². The Kier molecular flexibility index (Phi) is 13.4. The molecule has 0 unspecified atom stereocenters. The van der Waals surface area contributed by atoms with Crippen LogP contribution in [0.4, 0.5) is 0 Å². The second kappa shape index (κ2) is 13.9. The number of rotatable bonds is 12. The summed E-state index contributed by atoms with van der Waals surface area (Å²) >= 11 is 0. The first kappa shape index (κ1) is 21.2. The first-order valence-electron chi connectivity index (χ1n) is 7.90. The SMILES string of the molecule is C\C=C/C=C\C=C\CO[PH](O)(O)OCC/C(=C/CC)CCC. The minimum absolute atomic E-state index is 0.117. The van der Waals surface area contributed by atoms with E-state index in [1.807, 2.05) is 31.2 Å². The van der Waals surface area contributed by atoms with Gasteiger partial charge in [-0.05, 0) is 0 Å². The Hall–Kier alpha value is -0.770. The van der Waals surface area contributed by atoms with Crippen molar-refractivity contribution in [1.29, 1.82) is 0 Å². The molecule has 0 aliphatic rings. The predicted molar refractivity (Wildman–Crippen MR) is 95.6 cm³/mol. The van der Waals surface area contributed by atoms with Crippen molar-refractivity contribution in [3.8, 4) is 0 Å². The molecule has 2 N–H and O–H groups in total. The first-order valence-corrected chi connectivity index (χ1v) is 9.61. The fourth-order valence-electron chi connectivity index (χ4n) is 1.83. The van der Waals surface area contributed by atoms with E-state index in [4.69, 9.17) is 9.05 Å². The Morgan fingerprint density at radius 2 is 1.73 bits per heavy atom. The maximum atomic E-state index is 9.70. The van der Waals surface area contributed by atoms with Crippen molar-refractivity contribution in [1.82, 2.24) is 0 Å². The molecular weight excluding hydrogens is 299 g/mol. The van der Waals surface area contributed by atoms with E-state index < -0.39 is 8.17 Å². The molecule has 0 atom stereocenters. The van der Waals surface area contributed by atoms with E-state index in [0.29, 0.717) is 6.42 Å². The summed E-state index contributed by atoms with van der Waals surface area (Å²) in [5.74, 6) is 0. The fourth-order valence-corrected chi connectivity index (χ4v) is 2.59. The average molecular weight is 330 g/mol. The molecule has 128 valence electrons. The van der Waals surface area contributed by atoms with Gasteiger partial charge in [-0.2, -0.15) is 0 Å². The van der Waals surface area contributed by atoms with Crippen LogP contribution in [0.1, 0.15) is 46.5 Å². The van der Waals surface area contributed by atoms with Crippen LogP contribution in [-0.4, -0.2) is 23.0 Å². The van der Waals surface area contributed by atoms with Gasteiger partial charge >= 0.3 is 135 Å². The third-order valence-corrected chi connectivity index (χ3v) is 3.93. The van der Waals surface area contributed by atoms with E-state index in [1.54, 1.807) is 12.2 Å². The van der Waals surface area contributed by atoms with Gasteiger partial charge in [-0.1, -0.05) is 0 Å². The molecule has 5 heteroatoms. The first-order chi connectivity index (χ1) is 10.6. The summed E-state index contributed by atoms with van der Waals surface area (Å²) in [7, 11) is -4.01. The molecule has 0 rings (SSSR count). The molecule has 0 saturated carbocycles. The van der Waals surface area contributed by atoms with E-state index >= 15 is 0 Å². The molecule has 0 heterocycles. The molecule has 0 bridgehead atoms. The quantitative estimate of drug-likeness (QED) is 0.311. The van der Waals surface area contributed by atoms with Gasteiger partial charge in [0.05, 0.1) is 0 Å². The van der Waals surface area contributed by atoms with Crippen molar-refractivity contribution in [3.05, 3.63) is 48.1 Å². The molecule has 22 heavy (non-hydrogen) atoms. The second-order valence-electron chi connectivity index (χ2n) is 4.82. The molecule has 0 fully saturated rings. The minimum atomic E-state index is -4.01. The second-order valence-corrected chi connectivity index (χ2v) is 6.49. The van der Waals surface area contributed by atoms with Gasteiger partial charge in [0.25, 0.3) is 0 Å². The van der Waals surface area contributed by atoms with E-state index in [0.717, 1.165) is 19.3 Å². The molecule has 0 aliphatic heterocycles. The van der Waals surface area contributed by atoms with Crippen LogP contribution in [0.15, 0.2) is 48.1 Å². The van der Waals surface area contributed by atoms with Crippen molar-refractivity contribution in [3.63, 3.8) is 0 Å². The summed E-state index contributed by atoms with van der Waals surface area (Å²) < 4.78 is 10.1. The van der Waals surface area contributed by atoms with Crippen LogP contribution in [0.25, 0.3) is 0 Å². The van der Waals surface area contributed by atoms with Gasteiger partial charge in [0.2, 0.25) is 0 Å². The summed E-state index contributed by atoms with van der Waals surface area (Å²) in [6, 6.07) is 0. The third kappa shape index (κ3) is 12.9. The topological polar surface area (TPSA) is 58.9 Å². The van der Waals surface area contributed by atoms with Crippen LogP contribution in [0.5, 0.6) is 0 Å². The Morgan fingerprint density at radius 3 is 2.36 bits per heavy atom. The third-order valence-electron chi connectivity index (χ3n) is 2.81. The fraction of sp³-hybridized carbons (Fsp3) is 0.529. The van der Waals surface area contributed by atoms with Crippen molar-refractivity contribution in [2.75, 3.05) is 13.2 Å². The predicted octanol–water partition coefficient (Wildman–Crippen LogP) is 4.63. The van der Waals surface area contributed by atoms with Crippen LogP contribution >= 0.6 is 8.17 Å². The van der Waals surface area contributed by atoms with Gasteiger partial charge in [0, 0.05) is 0 Å². The summed E-state index contributed by atoms with van der Waals surface area (Å²) in [6.45, 7) is 6.55. The molecule has 0 amide bonds. The van der Waals surface area contributed by atoms with Gasteiger partial charge in [0.15, 0.2) is 0 Å². The van der Waals surface area contributed by atoms with Crippen LogP contribution in [-0.2, 0) is 9.05 Å². The Labute approximate surface area is 135 Å². The Balaban J connectivity index is 4.01. The summed E-state index contributed by atoms with van der Waals surface area (Å²) in [5.41, 5.74) is 1.30. The average Bonchev–Trinajstić information content (AvgIpc) is 2.46. The standard InChI is InChI=1S/C17H31O4P/c1-4-7-8-9-10-11-15-20-22(18,19)21-16-14-17(12-5-2)13-6-3/h4,7-12,18-19,22H,5-6,13-16H2,1-3H3/b7-4-,9-8-,11-10+,17-12+. The molecule has 0 radical (unpaired) electrons. The zero-order valence-corrected chi connectivity index (χ0v) is 15.0. The molecule has 0 saturated heterocycles. The number of allylic oxidation sites excluding steroid dienone is 6. The summed E-state index contributed by atoms with van der Waals surface area (Å²) in [6.07, 6.45) is 17.0. The molecule has 0 spiro atoms. The van der Waals surface area contributed by atoms with Crippen molar-refractivity contribution >= 4 is 8.17 Å². The van der Waals surface area contributed by atoms with Crippen molar-refractivity contribution in [2.24, 2.45) is 0 Å². The number of hydrogen-bond acceptors (Lipinski definition) is 4. The van der Waals surface area contributed by atoms with Crippen LogP contribution in [0.3, 0.4) is 0 Å². The monoisotopic (exact) mass is 330 g/mol. The Morgan fingerprint density at radius 1 is 1.00 bits per heavy atom. The number of hydrogen-bond donors (Lipinski definition) is 2. The maximum absolute atomic E-state index is 9.70. The van der Waals surface area contributed by atoms with Crippen LogP contribution in [0.2, 0.25) is 0 Å². The van der Waals surface area contributed by atoms with Crippen molar-refractivity contribution < 1.29 is 18.8 Å². The van der Waals surface area contributed by atoms with Gasteiger partial charge in [-0.15, -0.1) is 0 Å². The van der Waals surface area contributed by atoms with Crippen LogP contribution in [0, 0.1) is 0 Å². The van der Waals surface area contributed by atoms with E-state index in [9.17, 15) is 9.79 Å². The molecule has 0 aliphatic carbocycles. The normalized spacial score (nSPS) is 14.7. The van der Waals surface area contributed by atoms with Gasteiger partial charge in [-0.25, -0.2) is 0 Å². The molecule has 0 aromatic rings. The Bertz CT molecular complexity index is 384. The molecule has 0 aromatic carbocycles. The molecule has 0 aromatic heterocycles. The van der Waals surface area contributed by atoms with E-state index in [-0.39, 0.29) is 13.2 Å². The van der Waals surface area contributed by atoms with Crippen molar-refractivity contribution in [2.45, 2.75) is 46.5 Å². The van der Waals surface area contributed by atoms with Gasteiger partial charge in [0.1, 0.15) is 0 Å².